The van der Waals surface area contributed by atoms with E-state index in [2.05, 4.69) is 30.3 Å². The molecule has 1 aliphatic heterocycles. The Morgan fingerprint density at radius 1 is 0.912 bits per heavy atom. The zero-order chi connectivity index (χ0) is 24.1. The first-order valence-corrected chi connectivity index (χ1v) is 12.0. The lowest BCUT2D eigenvalue weighted by Gasteiger charge is -2.14. The van der Waals surface area contributed by atoms with Crippen LogP contribution in [0.5, 0.6) is 0 Å². The van der Waals surface area contributed by atoms with Gasteiger partial charge in [0.1, 0.15) is 23.3 Å². The van der Waals surface area contributed by atoms with Crippen LogP contribution in [-0.2, 0) is 19.6 Å². The number of hydrogen-bond donors (Lipinski definition) is 3. The van der Waals surface area contributed by atoms with Crippen LogP contribution in [0.4, 0.5) is 23.1 Å². The third-order valence-corrected chi connectivity index (χ3v) is 6.42. The Labute approximate surface area is 196 Å². The fourth-order valence-electron chi connectivity index (χ4n) is 3.39. The number of anilines is 4. The van der Waals surface area contributed by atoms with Crippen molar-refractivity contribution in [2.45, 2.75) is 24.7 Å². The third-order valence-electron chi connectivity index (χ3n) is 4.94. The minimum Gasteiger partial charge on any atom is -0.369 e. The summed E-state index contributed by atoms with van der Waals surface area (Å²) in [4.78, 5) is 37.6. The van der Waals surface area contributed by atoms with Crippen LogP contribution >= 0.6 is 0 Å². The number of hydrogen-bond acceptors (Lipinski definition) is 9. The summed E-state index contributed by atoms with van der Waals surface area (Å²) in [5.74, 6) is 1.70. The summed E-state index contributed by atoms with van der Waals surface area (Å²) in [5.41, 5.74) is 0.363. The second-order valence-corrected chi connectivity index (χ2v) is 9.23. The molecule has 2 amide bonds. The maximum Gasteiger partial charge on any atom is 0.240 e. The van der Waals surface area contributed by atoms with E-state index in [1.165, 1.54) is 24.3 Å². The van der Waals surface area contributed by atoms with E-state index in [1.54, 1.807) is 19.2 Å². The van der Waals surface area contributed by atoms with Gasteiger partial charge >= 0.3 is 0 Å². The van der Waals surface area contributed by atoms with Crippen LogP contribution in [0.3, 0.4) is 0 Å². The van der Waals surface area contributed by atoms with Gasteiger partial charge in [0.2, 0.25) is 21.8 Å². The van der Waals surface area contributed by atoms with Gasteiger partial charge in [-0.3, -0.25) is 14.5 Å². The molecule has 3 heterocycles. The standard InChI is InChI=1S/C22H23N7O4S/c1-15-26-19(14-20(27-15)28-18-4-2-3-11-23-18)24-12-13-25-34(32,33)17-7-5-16(6-8-17)29-21(30)9-10-22(29)31/h2-8,11,14,25H,9-10,12-13H2,1H3,(H2,23,24,26,27,28). The number of aromatic nitrogens is 3. The highest BCUT2D eigenvalue weighted by atomic mass is 32.2. The van der Waals surface area contributed by atoms with Gasteiger partial charge in [-0.15, -0.1) is 0 Å². The summed E-state index contributed by atoms with van der Waals surface area (Å²) >= 11 is 0. The maximum absolute atomic E-state index is 12.6. The number of amides is 2. The molecule has 0 radical (unpaired) electrons. The number of rotatable bonds is 9. The average molecular weight is 482 g/mol. The van der Waals surface area contributed by atoms with E-state index in [4.69, 9.17) is 0 Å². The molecule has 1 aliphatic rings. The molecule has 0 aliphatic carbocycles. The van der Waals surface area contributed by atoms with Crippen molar-refractivity contribution in [3.8, 4) is 0 Å². The van der Waals surface area contributed by atoms with Crippen LogP contribution in [0.2, 0.25) is 0 Å². The van der Waals surface area contributed by atoms with Crippen molar-refractivity contribution in [3.63, 3.8) is 0 Å². The van der Waals surface area contributed by atoms with E-state index in [1.807, 2.05) is 18.2 Å². The van der Waals surface area contributed by atoms with Gasteiger partial charge in [0.05, 0.1) is 10.6 Å². The number of nitrogens with one attached hydrogen (secondary N) is 3. The molecule has 0 saturated carbocycles. The Bertz CT molecular complexity index is 1280. The molecule has 0 atom stereocenters. The summed E-state index contributed by atoms with van der Waals surface area (Å²) < 4.78 is 27.7. The van der Waals surface area contributed by atoms with Crippen molar-refractivity contribution in [1.29, 1.82) is 0 Å². The van der Waals surface area contributed by atoms with Crippen molar-refractivity contribution in [2.24, 2.45) is 0 Å². The molecule has 34 heavy (non-hydrogen) atoms. The Balaban J connectivity index is 1.32. The van der Waals surface area contributed by atoms with Crippen LogP contribution in [0, 0.1) is 6.92 Å². The van der Waals surface area contributed by atoms with Gasteiger partial charge in [-0.25, -0.2) is 28.1 Å². The number of aryl methyl sites for hydroxylation is 1. The fourth-order valence-corrected chi connectivity index (χ4v) is 4.42. The molecule has 1 aromatic carbocycles. The van der Waals surface area contributed by atoms with Gasteiger partial charge in [0, 0.05) is 38.2 Å². The van der Waals surface area contributed by atoms with E-state index in [-0.39, 0.29) is 42.6 Å². The molecule has 12 heteroatoms. The quantitative estimate of drug-likeness (QED) is 0.308. The Morgan fingerprint density at radius 3 is 2.29 bits per heavy atom. The van der Waals surface area contributed by atoms with Gasteiger partial charge < -0.3 is 10.6 Å². The Hall–Kier alpha value is -3.90. The maximum atomic E-state index is 12.6. The third kappa shape index (κ3) is 5.53. The van der Waals surface area contributed by atoms with E-state index in [9.17, 15) is 18.0 Å². The SMILES string of the molecule is Cc1nc(NCCNS(=O)(=O)c2ccc(N3C(=O)CCC3=O)cc2)cc(Nc2ccccn2)n1. The molecule has 0 bridgehead atoms. The number of carbonyl (C=O) groups excluding carboxylic acids is 2. The molecule has 1 saturated heterocycles. The zero-order valence-electron chi connectivity index (χ0n) is 18.4. The smallest absolute Gasteiger partial charge is 0.240 e. The van der Waals surface area contributed by atoms with Gasteiger partial charge in [0.15, 0.2) is 0 Å². The van der Waals surface area contributed by atoms with Crippen LogP contribution in [0.1, 0.15) is 18.7 Å². The number of carbonyl (C=O) groups is 2. The van der Waals surface area contributed by atoms with E-state index < -0.39 is 10.0 Å². The van der Waals surface area contributed by atoms with Gasteiger partial charge in [0.25, 0.3) is 0 Å². The van der Waals surface area contributed by atoms with Crippen LogP contribution < -0.4 is 20.3 Å². The molecule has 3 N–H and O–H groups in total. The second-order valence-electron chi connectivity index (χ2n) is 7.47. The summed E-state index contributed by atoms with van der Waals surface area (Å²) in [6.45, 7) is 2.15. The normalized spacial score (nSPS) is 13.9. The average Bonchev–Trinajstić information content (AvgIpc) is 3.15. The minimum absolute atomic E-state index is 0.0371. The molecular formula is C22H23N7O4S. The topological polar surface area (TPSA) is 146 Å². The van der Waals surface area contributed by atoms with Gasteiger partial charge in [-0.2, -0.15) is 0 Å². The molecule has 2 aromatic heterocycles. The molecule has 11 nitrogen and oxygen atoms in total. The number of pyridine rings is 1. The number of nitrogens with zero attached hydrogens (tertiary/aromatic N) is 4. The van der Waals surface area contributed by atoms with Crippen molar-refractivity contribution in [1.82, 2.24) is 19.7 Å². The summed E-state index contributed by atoms with van der Waals surface area (Å²) in [7, 11) is -3.77. The largest absolute Gasteiger partial charge is 0.369 e. The summed E-state index contributed by atoms with van der Waals surface area (Å²) in [6, 6.07) is 12.8. The molecular weight excluding hydrogens is 458 g/mol. The predicted octanol–water partition coefficient (Wildman–Crippen LogP) is 1.97. The molecule has 1 fully saturated rings. The predicted molar refractivity (Wildman–Crippen MR) is 126 cm³/mol. The molecule has 176 valence electrons. The summed E-state index contributed by atoms with van der Waals surface area (Å²) in [5, 5.41) is 6.16. The molecule has 4 rings (SSSR count). The lowest BCUT2D eigenvalue weighted by atomic mass is 10.3. The minimum atomic E-state index is -3.77. The van der Waals surface area contributed by atoms with E-state index >= 15 is 0 Å². The van der Waals surface area contributed by atoms with Crippen molar-refractivity contribution >= 4 is 45.0 Å². The van der Waals surface area contributed by atoms with E-state index in [0.717, 1.165) is 4.90 Å². The first-order chi connectivity index (χ1) is 16.3. The van der Waals surface area contributed by atoms with Crippen LogP contribution in [0.15, 0.2) is 59.6 Å². The van der Waals surface area contributed by atoms with E-state index in [0.29, 0.717) is 29.0 Å². The Kier molecular flexibility index (Phi) is 6.80. The van der Waals surface area contributed by atoms with Crippen molar-refractivity contribution < 1.29 is 18.0 Å². The van der Waals surface area contributed by atoms with Crippen molar-refractivity contribution in [3.05, 3.63) is 60.6 Å². The highest BCUT2D eigenvalue weighted by Crippen LogP contribution is 2.24. The van der Waals surface area contributed by atoms with Crippen molar-refractivity contribution in [2.75, 3.05) is 28.6 Å². The number of sulfonamides is 1. The van der Waals surface area contributed by atoms with Gasteiger partial charge in [-0.05, 0) is 43.3 Å². The summed E-state index contributed by atoms with van der Waals surface area (Å²) in [6.07, 6.45) is 2.00. The fraction of sp³-hybridized carbons (Fsp3) is 0.227. The lowest BCUT2D eigenvalue weighted by Crippen LogP contribution is -2.30. The van der Waals surface area contributed by atoms with Gasteiger partial charge in [-0.1, -0.05) is 6.07 Å². The highest BCUT2D eigenvalue weighted by molar-refractivity contribution is 7.89. The number of benzene rings is 1. The van der Waals surface area contributed by atoms with Crippen LogP contribution in [-0.4, -0.2) is 48.3 Å². The first kappa shape index (κ1) is 23.3. The second kappa shape index (κ2) is 9.93. The number of imide groups is 1. The molecule has 0 spiro atoms. The van der Waals surface area contributed by atoms with Crippen LogP contribution in [0.25, 0.3) is 0 Å². The first-order valence-electron chi connectivity index (χ1n) is 10.5. The Morgan fingerprint density at radius 2 is 1.62 bits per heavy atom. The highest BCUT2D eigenvalue weighted by Gasteiger charge is 2.30. The zero-order valence-corrected chi connectivity index (χ0v) is 19.2. The lowest BCUT2D eigenvalue weighted by molar-refractivity contribution is -0.121. The molecule has 0 unspecified atom stereocenters. The monoisotopic (exact) mass is 481 g/mol. The molecule has 3 aromatic rings.